The fraction of sp³-hybridized carbons (Fsp3) is 0.562. The molecule has 1 amide bonds. The van der Waals surface area contributed by atoms with Crippen LogP contribution in [-0.2, 0) is 14.8 Å². The van der Waals surface area contributed by atoms with Gasteiger partial charge >= 0.3 is 0 Å². The first kappa shape index (κ1) is 18.6. The molecule has 1 aromatic rings. The van der Waals surface area contributed by atoms with Gasteiger partial charge in [-0.2, -0.15) is 16.1 Å². The quantitative estimate of drug-likeness (QED) is 0.811. The van der Waals surface area contributed by atoms with Crippen molar-refractivity contribution in [1.82, 2.24) is 9.62 Å². The zero-order valence-electron chi connectivity index (χ0n) is 14.0. The van der Waals surface area contributed by atoms with Gasteiger partial charge in [-0.25, -0.2) is 12.8 Å². The highest BCUT2D eigenvalue weighted by atomic mass is 32.2. The van der Waals surface area contributed by atoms with Crippen molar-refractivity contribution < 1.29 is 17.6 Å². The van der Waals surface area contributed by atoms with Gasteiger partial charge in [0.15, 0.2) is 0 Å². The summed E-state index contributed by atoms with van der Waals surface area (Å²) in [5, 5.41) is 5.08. The molecule has 0 radical (unpaired) electrons. The first-order valence-corrected chi connectivity index (χ1v) is 10.9. The Bertz CT molecular complexity index is 751. The van der Waals surface area contributed by atoms with Crippen LogP contribution in [0.1, 0.15) is 12.0 Å². The molecule has 1 aromatic carbocycles. The third-order valence-corrected chi connectivity index (χ3v) is 7.84. The van der Waals surface area contributed by atoms with E-state index in [4.69, 9.17) is 0 Å². The normalized spacial score (nSPS) is 25.0. The SMILES string of the molecule is Cc1ccc(F)cc1NC(=O)C1CC(S(=O)(=O)N2CCSCC2)CN1. The van der Waals surface area contributed by atoms with Crippen LogP contribution in [0.5, 0.6) is 0 Å². The second kappa shape index (κ2) is 7.61. The van der Waals surface area contributed by atoms with E-state index in [-0.39, 0.29) is 18.9 Å². The molecule has 2 aliphatic rings. The van der Waals surface area contributed by atoms with Gasteiger partial charge in [-0.1, -0.05) is 6.07 Å². The van der Waals surface area contributed by atoms with Crippen molar-refractivity contribution in [2.75, 3.05) is 36.5 Å². The van der Waals surface area contributed by atoms with E-state index in [9.17, 15) is 17.6 Å². The summed E-state index contributed by atoms with van der Waals surface area (Å²) in [5.41, 5.74) is 1.16. The van der Waals surface area contributed by atoms with E-state index in [1.165, 1.54) is 16.4 Å². The lowest BCUT2D eigenvalue weighted by molar-refractivity contribution is -0.117. The molecule has 2 atom stereocenters. The lowest BCUT2D eigenvalue weighted by atomic mass is 10.1. The molecular weight excluding hydrogens is 365 g/mol. The van der Waals surface area contributed by atoms with Gasteiger partial charge in [0.1, 0.15) is 5.82 Å². The minimum Gasteiger partial charge on any atom is -0.324 e. The summed E-state index contributed by atoms with van der Waals surface area (Å²) in [5.74, 6) is 0.855. The molecule has 2 fully saturated rings. The maximum absolute atomic E-state index is 13.3. The van der Waals surface area contributed by atoms with Crippen molar-refractivity contribution >= 4 is 33.4 Å². The number of carbonyl (C=O) groups is 1. The molecule has 0 spiro atoms. The molecule has 2 N–H and O–H groups in total. The maximum atomic E-state index is 13.3. The number of thioether (sulfide) groups is 1. The van der Waals surface area contributed by atoms with Gasteiger partial charge in [0, 0.05) is 36.8 Å². The topological polar surface area (TPSA) is 78.5 Å². The molecule has 9 heteroatoms. The van der Waals surface area contributed by atoms with Crippen LogP contribution in [0.4, 0.5) is 10.1 Å². The van der Waals surface area contributed by atoms with Crippen LogP contribution in [0.15, 0.2) is 18.2 Å². The third-order valence-electron chi connectivity index (χ3n) is 4.62. The minimum absolute atomic E-state index is 0.228. The van der Waals surface area contributed by atoms with Crippen LogP contribution in [0, 0.1) is 12.7 Å². The van der Waals surface area contributed by atoms with Crippen LogP contribution in [0.2, 0.25) is 0 Å². The zero-order chi connectivity index (χ0) is 18.0. The Morgan fingerprint density at radius 2 is 2.08 bits per heavy atom. The third kappa shape index (κ3) is 4.16. The van der Waals surface area contributed by atoms with Gasteiger partial charge in [-0.3, -0.25) is 4.79 Å². The number of nitrogens with one attached hydrogen (secondary N) is 2. The summed E-state index contributed by atoms with van der Waals surface area (Å²) < 4.78 is 40.3. The minimum atomic E-state index is -3.40. The number of carbonyl (C=O) groups excluding carboxylic acids is 1. The van der Waals surface area contributed by atoms with Crippen LogP contribution in [-0.4, -0.2) is 61.1 Å². The molecule has 2 saturated heterocycles. The molecule has 138 valence electrons. The van der Waals surface area contributed by atoms with Crippen molar-refractivity contribution in [1.29, 1.82) is 0 Å². The molecule has 6 nitrogen and oxygen atoms in total. The summed E-state index contributed by atoms with van der Waals surface area (Å²) in [7, 11) is -3.40. The van der Waals surface area contributed by atoms with E-state index in [2.05, 4.69) is 10.6 Å². The maximum Gasteiger partial charge on any atom is 0.241 e. The molecule has 0 saturated carbocycles. The molecule has 0 bridgehead atoms. The van der Waals surface area contributed by atoms with E-state index >= 15 is 0 Å². The molecule has 2 unspecified atom stereocenters. The molecular formula is C16H22FN3O3S2. The number of rotatable bonds is 4. The molecule has 25 heavy (non-hydrogen) atoms. The van der Waals surface area contributed by atoms with Gasteiger partial charge in [0.25, 0.3) is 0 Å². The Kier molecular flexibility index (Phi) is 5.67. The number of benzene rings is 1. The van der Waals surface area contributed by atoms with Gasteiger partial charge in [-0.05, 0) is 31.0 Å². The Morgan fingerprint density at radius 3 is 2.80 bits per heavy atom. The second-order valence-corrected chi connectivity index (χ2v) is 9.76. The summed E-state index contributed by atoms with van der Waals surface area (Å²) in [6.07, 6.45) is 0.228. The predicted molar refractivity (Wildman–Crippen MR) is 97.8 cm³/mol. The molecule has 2 aliphatic heterocycles. The number of aryl methyl sites for hydroxylation is 1. The largest absolute Gasteiger partial charge is 0.324 e. The fourth-order valence-corrected chi connectivity index (χ4v) is 6.08. The van der Waals surface area contributed by atoms with Gasteiger partial charge in [-0.15, -0.1) is 0 Å². The van der Waals surface area contributed by atoms with Gasteiger partial charge in [0.05, 0.1) is 11.3 Å². The Hall–Kier alpha value is -1.16. The summed E-state index contributed by atoms with van der Waals surface area (Å²) >= 11 is 1.75. The van der Waals surface area contributed by atoms with Crippen molar-refractivity contribution in [2.45, 2.75) is 24.6 Å². The highest BCUT2D eigenvalue weighted by Gasteiger charge is 2.40. The van der Waals surface area contributed by atoms with Crippen molar-refractivity contribution in [3.63, 3.8) is 0 Å². The van der Waals surface area contributed by atoms with Crippen molar-refractivity contribution in [2.24, 2.45) is 0 Å². The van der Waals surface area contributed by atoms with E-state index in [0.29, 0.717) is 18.8 Å². The highest BCUT2D eigenvalue weighted by molar-refractivity contribution is 7.99. The number of amides is 1. The van der Waals surface area contributed by atoms with E-state index in [1.54, 1.807) is 24.8 Å². The average molecular weight is 388 g/mol. The van der Waals surface area contributed by atoms with Crippen molar-refractivity contribution in [3.8, 4) is 0 Å². The van der Waals surface area contributed by atoms with Crippen LogP contribution >= 0.6 is 11.8 Å². The van der Waals surface area contributed by atoms with E-state index < -0.39 is 27.1 Å². The Balaban J connectivity index is 1.64. The predicted octanol–water partition coefficient (Wildman–Crippen LogP) is 1.18. The first-order valence-electron chi connectivity index (χ1n) is 8.25. The first-order chi connectivity index (χ1) is 11.9. The van der Waals surface area contributed by atoms with Crippen molar-refractivity contribution in [3.05, 3.63) is 29.6 Å². The number of anilines is 1. The number of sulfonamides is 1. The summed E-state index contributed by atoms with van der Waals surface area (Å²) in [6, 6.07) is 3.59. The number of hydrogen-bond acceptors (Lipinski definition) is 5. The monoisotopic (exact) mass is 387 g/mol. The van der Waals surface area contributed by atoms with Gasteiger partial charge < -0.3 is 10.6 Å². The van der Waals surface area contributed by atoms with Crippen LogP contribution < -0.4 is 10.6 Å². The van der Waals surface area contributed by atoms with Gasteiger partial charge in [0.2, 0.25) is 15.9 Å². The second-order valence-electron chi connectivity index (χ2n) is 6.32. The number of halogens is 1. The standard InChI is InChI=1S/C16H22FN3O3S2/c1-11-2-3-12(17)8-14(11)19-16(21)15-9-13(10-18-15)25(22,23)20-4-6-24-7-5-20/h2-3,8,13,15,18H,4-7,9-10H2,1H3,(H,19,21). The van der Waals surface area contributed by atoms with Crippen LogP contribution in [0.25, 0.3) is 0 Å². The lowest BCUT2D eigenvalue weighted by Gasteiger charge is -2.28. The zero-order valence-corrected chi connectivity index (χ0v) is 15.6. The molecule has 0 aromatic heterocycles. The lowest BCUT2D eigenvalue weighted by Crippen LogP contribution is -2.44. The fourth-order valence-electron chi connectivity index (χ4n) is 3.09. The molecule has 0 aliphatic carbocycles. The average Bonchev–Trinajstić information content (AvgIpc) is 3.10. The Morgan fingerprint density at radius 1 is 1.36 bits per heavy atom. The highest BCUT2D eigenvalue weighted by Crippen LogP contribution is 2.23. The number of nitrogens with zero attached hydrogens (tertiary/aromatic N) is 1. The molecule has 2 heterocycles. The molecule has 3 rings (SSSR count). The summed E-state index contributed by atoms with van der Waals surface area (Å²) in [4.78, 5) is 12.4. The Labute approximate surface area is 151 Å². The van der Waals surface area contributed by atoms with Crippen LogP contribution in [0.3, 0.4) is 0 Å². The number of hydrogen-bond donors (Lipinski definition) is 2. The summed E-state index contributed by atoms with van der Waals surface area (Å²) in [6.45, 7) is 3.09. The smallest absolute Gasteiger partial charge is 0.241 e. The van der Waals surface area contributed by atoms with E-state index in [0.717, 1.165) is 17.1 Å². The van der Waals surface area contributed by atoms with E-state index in [1.807, 2.05) is 0 Å².